The van der Waals surface area contributed by atoms with Gasteiger partial charge >= 0.3 is 186 Å². The summed E-state index contributed by atoms with van der Waals surface area (Å²) in [5.41, 5.74) is -2.09. The maximum absolute atomic E-state index is 14.8. The van der Waals surface area contributed by atoms with Gasteiger partial charge in [0.2, 0.25) is 47.3 Å². The van der Waals surface area contributed by atoms with Gasteiger partial charge in [-0.3, -0.25) is 62.3 Å². The fourth-order valence-electron chi connectivity index (χ4n) is 15.8. The van der Waals surface area contributed by atoms with E-state index in [9.17, 15) is 120 Å². The summed E-state index contributed by atoms with van der Waals surface area (Å²) in [7, 11) is 2.52. The Balaban J connectivity index is 0.00000263. The van der Waals surface area contributed by atoms with Crippen molar-refractivity contribution in [3.05, 3.63) is 47.5 Å². The first-order valence-electron chi connectivity index (χ1n) is 45.3. The van der Waals surface area contributed by atoms with Gasteiger partial charge < -0.3 is 153 Å². The monoisotopic (exact) mass is 2400 g/mol. The van der Waals surface area contributed by atoms with Gasteiger partial charge in [-0.2, -0.15) is 23.5 Å². The fraction of sp³-hybridized carbons (Fsp3) is 0.667. The average molecular weight is 2400 g/mol. The fourth-order valence-corrected chi connectivity index (χ4v) is 18.9. The molecule has 0 aromatic heterocycles. The topological polar surface area (TPSA) is 674 Å². The van der Waals surface area contributed by atoms with E-state index in [0.29, 0.717) is 71.8 Å². The Bertz CT molecular complexity index is 4500. The number of carboxylic acid groups (broad SMARTS) is 1. The summed E-state index contributed by atoms with van der Waals surface area (Å²) < 4.78 is 107. The van der Waals surface area contributed by atoms with Crippen LogP contribution in [0.4, 0.5) is 38.5 Å². The van der Waals surface area contributed by atoms with Crippen molar-refractivity contribution in [2.45, 2.75) is 303 Å². The van der Waals surface area contributed by atoms with Crippen LogP contribution in [0.15, 0.2) is 36.4 Å². The largest absolute Gasteiger partial charge is 1.00 e. The second kappa shape index (κ2) is 73.1. The molecule has 17 N–H and O–H groups in total. The Morgan fingerprint density at radius 1 is 0.566 bits per heavy atom. The number of urea groups is 2. The zero-order chi connectivity index (χ0) is 106. The molecular formula is C87H127F4I2N12Na3O34S2V. The molecule has 0 bridgehead atoms. The Morgan fingerprint density at radius 3 is 1.34 bits per heavy atom. The second-order valence-corrected chi connectivity index (χ2v) is 47.3. The predicted molar refractivity (Wildman–Crippen MR) is 506 cm³/mol. The Kier molecular flexibility index (Phi) is 69.0. The van der Waals surface area contributed by atoms with Crippen LogP contribution in [0.25, 0.3) is 0 Å². The molecule has 12 unspecified atom stereocenters. The van der Waals surface area contributed by atoms with Gasteiger partial charge in [0.05, 0.1) is 73.6 Å². The van der Waals surface area contributed by atoms with Gasteiger partial charge in [0.1, 0.15) is 54.6 Å². The quantitative estimate of drug-likeness (QED) is 0.00280. The molecule has 46 nitrogen and oxygen atoms in total. The number of anilines is 2. The van der Waals surface area contributed by atoms with Gasteiger partial charge in [0.15, 0.2) is 12.2 Å². The zero-order valence-corrected chi connectivity index (χ0v) is 95.6. The van der Waals surface area contributed by atoms with Crippen LogP contribution >= 0.6 is 63.5 Å². The zero-order valence-electron chi connectivity index (χ0n) is 83.3. The Labute approximate surface area is 940 Å². The number of aliphatic hydroxyl groups is 5. The molecule has 2 aromatic rings. The van der Waals surface area contributed by atoms with E-state index in [4.69, 9.17) is 57.8 Å². The summed E-state index contributed by atoms with van der Waals surface area (Å²) in [6.45, 7) is 5.88. The smallest absolute Gasteiger partial charge is 1.00 e. The van der Waals surface area contributed by atoms with E-state index in [0.717, 1.165) is 181 Å². The van der Waals surface area contributed by atoms with Gasteiger partial charge in [-0.1, -0.05) is 38.5 Å². The summed E-state index contributed by atoms with van der Waals surface area (Å²) in [6, 6.07) is 3.17. The molecule has 6 aliphatic heterocycles. The van der Waals surface area contributed by atoms with Crippen LogP contribution in [-0.4, -0.2) is 299 Å². The van der Waals surface area contributed by atoms with Crippen molar-refractivity contribution < 1.29 is 282 Å². The Hall–Kier alpha value is -6.23. The number of fused-ring (bicyclic) bond motifs is 2. The molecule has 2 aromatic carbocycles. The third-order valence-electron chi connectivity index (χ3n) is 22.1. The summed E-state index contributed by atoms with van der Waals surface area (Å²) in [5, 5.41) is 102. The number of unbranched alkanes of at least 4 members (excludes halogenated alkanes) is 8. The number of carbonyl (C=O) groups excluding carboxylic acids is 17. The van der Waals surface area contributed by atoms with Crippen LogP contribution in [0.1, 0.15) is 208 Å². The number of ether oxygens (including phenoxy) is 9. The van der Waals surface area contributed by atoms with Gasteiger partial charge in [0, 0.05) is 153 Å². The minimum Gasteiger partial charge on any atom is 1.00 e. The number of esters is 5. The number of carbonyl (C=O) groups is 17. The molecular weight excluding hydrogens is 2270 g/mol. The molecule has 58 heteroatoms. The number of benzene rings is 2. The maximum Gasteiger partial charge on any atom is 1.00 e. The van der Waals surface area contributed by atoms with E-state index in [1.54, 1.807) is 0 Å². The third-order valence-corrected chi connectivity index (χ3v) is 25.1. The predicted octanol–water partition coefficient (Wildman–Crippen LogP) is -7.25. The van der Waals surface area contributed by atoms with Crippen LogP contribution in [0.3, 0.4) is 0 Å². The number of aliphatic carboxylic acids is 1. The number of aliphatic hydroxyl groups excluding tert-OH is 5. The molecule has 0 aliphatic carbocycles. The van der Waals surface area contributed by atoms with Crippen LogP contribution in [0, 0.1) is 0 Å². The first kappa shape index (κ1) is 137. The summed E-state index contributed by atoms with van der Waals surface area (Å²) in [5.74, 6) is -16.6. The minimum atomic E-state index is -3.33. The standard InChI is InChI=1S/C47H66F2N6O17S.C38H56F2N6O13S.CH2O3.CH4O.2HI.3Na.V.H/c1-25(56)52-41-34(68-27(3)58)22-47(45(64)66-6,72-43(41)42(70-29(5)60)35(69-28(4)59)23-67-26(2)57)71-33-16-15-30(21-31(33)44(48)49)53-39(63)18-17-38(62)51-20-12-8-7-11-19-50-37(61)14-10-9-13-36-40-32(24-73-36)54-46(65)55-40;1-20(48)43-32-24(49)17-38(36(55)56,59-34(32)33(54)25(50)18-47)58-26-11-10-21(16-22(26)35(39)40)44-30(53)13-12-29(52)42-15-7-3-2-6-14-41-28(51)9-5-4-8-27-31-23(19-60-27)45-37(57)46-31;2-1-4-3;1-2;;;;;;;/h15-16,21,32,34-36,40-44H,7-14,17-20,22-24H2,1-6H3,(H,50,61)(H,51,62)(H,52,56)(H,53,63)(H2,54,55,65);10-11,16,23-25,27,31-35,47,49-50,54H,2-9,12-15,17-19H2,1H3,(H,41,51)(H,42,52)(H,43,48)(H,44,53)(H,55,56)(H2,45,46,57);1,3H;2H,1H3;2*1H;;;;;/q;;;;;;3*+1;+2;-1/p-4/t32?,34?,35-,36?,40?,41+,42-,43?,47?;23?,24?,25-,27?,31?,32+,33-,34?,38?;;;;;;;;;/m11........./s1. The molecule has 0 spiro atoms. The number of hydrogen-bond acceptors (Lipinski definition) is 36. The number of nitrogens with one attached hydrogen (secondary N) is 12. The average Bonchev–Trinajstić information content (AvgIpc) is 0.773. The van der Waals surface area contributed by atoms with E-state index in [-0.39, 0.29) is 182 Å². The molecule has 12 amide bonds. The molecule has 801 valence electrons. The number of halogens is 6. The Morgan fingerprint density at radius 2 is 0.966 bits per heavy atom. The van der Waals surface area contributed by atoms with Crippen LogP contribution in [0.2, 0.25) is 0 Å². The molecule has 0 radical (unpaired) electrons. The number of alkyl halides is 4. The van der Waals surface area contributed by atoms with Crippen molar-refractivity contribution in [1.82, 2.24) is 53.2 Å². The molecule has 0 saturated carbocycles. The molecule has 6 aliphatic rings. The number of amides is 12. The van der Waals surface area contributed by atoms with E-state index in [2.05, 4.69) is 109 Å². The van der Waals surface area contributed by atoms with Gasteiger partial charge in [0.25, 0.3) is 25.1 Å². The molecule has 6 saturated heterocycles. The first-order valence-corrected chi connectivity index (χ1v) is 56.4. The molecule has 6 fully saturated rings. The number of carboxylic acids is 1. The maximum atomic E-state index is 14.8. The number of rotatable bonds is 53. The van der Waals surface area contributed by atoms with Crippen LogP contribution in [0.5, 0.6) is 11.5 Å². The van der Waals surface area contributed by atoms with Crippen molar-refractivity contribution in [3.8, 4) is 11.5 Å². The van der Waals surface area contributed by atoms with Crippen LogP contribution in [-0.2, 0) is 119 Å². The summed E-state index contributed by atoms with van der Waals surface area (Å²) in [4.78, 5) is 209. The van der Waals surface area contributed by atoms with E-state index >= 15 is 0 Å². The van der Waals surface area contributed by atoms with E-state index in [1.165, 1.54) is 0 Å². The third kappa shape index (κ3) is 49.0. The molecule has 18 atom stereocenters. The van der Waals surface area contributed by atoms with E-state index in [1.807, 2.05) is 23.5 Å². The van der Waals surface area contributed by atoms with Crippen molar-refractivity contribution >= 4 is 176 Å². The second-order valence-electron chi connectivity index (χ2n) is 32.9. The minimum absolute atomic E-state index is 0. The normalized spacial score (nSPS) is 22.3. The summed E-state index contributed by atoms with van der Waals surface area (Å²) >= 11 is 8.44. The molecule has 8 rings (SSSR count). The van der Waals surface area contributed by atoms with Gasteiger partial charge in [-0.15, -0.1) is 0 Å². The van der Waals surface area contributed by atoms with Gasteiger partial charge in [-0.05, 0) is 87.8 Å². The van der Waals surface area contributed by atoms with Crippen LogP contribution < -0.4 is 172 Å². The number of hydrogen-bond donors (Lipinski definition) is 17. The first-order chi connectivity index (χ1) is 67.5. The molecule has 145 heavy (non-hydrogen) atoms. The van der Waals surface area contributed by atoms with Crippen molar-refractivity contribution in [3.63, 3.8) is 0 Å². The van der Waals surface area contributed by atoms with Crippen molar-refractivity contribution in [1.29, 1.82) is 0 Å². The van der Waals surface area contributed by atoms with Gasteiger partial charge in [-0.25, -0.2) is 31.9 Å². The summed E-state index contributed by atoms with van der Waals surface area (Å²) in [6.07, 6.45) is -12.2. The number of methoxy groups -OCH3 is 1. The van der Waals surface area contributed by atoms with Crippen molar-refractivity contribution in [2.75, 3.05) is 75.8 Å². The van der Waals surface area contributed by atoms with Crippen molar-refractivity contribution in [2.24, 2.45) is 0 Å². The molecule has 6 heterocycles. The van der Waals surface area contributed by atoms with E-state index < -0.39 is 205 Å². The number of thioether (sulfide) groups is 2. The SMILES string of the molecule is CC(=O)N[C@H]1C(O)CC(Oc2ccc(NC(=O)CCC(=O)NCCCCCCNC(=O)CCCCC3SCC4NC(=O)NC43)cc2C(F)F)(C(=O)[O-])OC1[C@H](O)[C@H](O)CO.CO.COC(=O)C1(Oc2ccc(NC(=O)CCC(=O)NCCCCCCNC(=O)CCCCC3SCC4NC(=O)NC43)cc2C(F)F)CC(OC(C)=O)[C@H](NC(C)=O)C([C@H](OC(C)=O)[C@@H](COC(C)=O)OC(C)=O)O1.O=CO[O-].[H-].[I][V][I].[Na+].[Na+].[Na+].